The third-order valence-electron chi connectivity index (χ3n) is 5.34. The van der Waals surface area contributed by atoms with E-state index in [1.165, 1.54) is 27.8 Å². The van der Waals surface area contributed by atoms with Gasteiger partial charge in [-0.25, -0.2) is 9.97 Å². The first-order valence-corrected chi connectivity index (χ1v) is 12.7. The average molecular weight is 452 g/mol. The topological polar surface area (TPSA) is 54.9 Å². The van der Waals surface area contributed by atoms with Crippen molar-refractivity contribution < 1.29 is 4.79 Å². The highest BCUT2D eigenvalue weighted by molar-refractivity contribution is 8.00. The van der Waals surface area contributed by atoms with Crippen LogP contribution in [0.3, 0.4) is 0 Å². The van der Waals surface area contributed by atoms with Gasteiger partial charge in [-0.3, -0.25) is 4.79 Å². The van der Waals surface area contributed by atoms with E-state index in [1.54, 1.807) is 22.7 Å². The Morgan fingerprint density at radius 2 is 2.10 bits per heavy atom. The van der Waals surface area contributed by atoms with Gasteiger partial charge in [-0.2, -0.15) is 0 Å². The van der Waals surface area contributed by atoms with Crippen LogP contribution in [0.2, 0.25) is 0 Å². The van der Waals surface area contributed by atoms with Gasteiger partial charge in [0.25, 0.3) is 0 Å². The maximum absolute atomic E-state index is 12.8. The normalized spacial score (nSPS) is 15.8. The number of hydrogen-bond acceptors (Lipinski definition) is 6. The van der Waals surface area contributed by atoms with E-state index in [4.69, 9.17) is 0 Å². The van der Waals surface area contributed by atoms with Crippen LogP contribution < -0.4 is 5.32 Å². The van der Waals surface area contributed by atoms with Crippen molar-refractivity contribution in [3.05, 3.63) is 64.1 Å². The van der Waals surface area contributed by atoms with Crippen LogP contribution in [0.1, 0.15) is 35.8 Å². The first-order valence-electron chi connectivity index (χ1n) is 9.99. The summed E-state index contributed by atoms with van der Waals surface area (Å²) in [7, 11) is 0. The van der Waals surface area contributed by atoms with Gasteiger partial charge in [0.15, 0.2) is 0 Å². The second kappa shape index (κ2) is 8.49. The number of carbonyl (C=O) groups excluding carboxylic acids is 1. The molecule has 0 aliphatic heterocycles. The third-order valence-corrected chi connectivity index (χ3v) is 8.09. The predicted molar refractivity (Wildman–Crippen MR) is 126 cm³/mol. The number of amides is 1. The number of fused-ring (bicyclic) bond motifs is 2. The zero-order chi connectivity index (χ0) is 20.5. The molecule has 0 radical (unpaired) electrons. The predicted octanol–water partition coefficient (Wildman–Crippen LogP) is 6.01. The second-order valence-corrected chi connectivity index (χ2v) is 10.2. The molecule has 3 aromatic heterocycles. The standard InChI is InChI=1S/C23H21N3OS3/c1-14-24-22-21(17(12-29-22)19-10-5-11-28-19)23(25-14)30-13-20(27)26-18-9-4-7-15-6-2-3-8-16(15)18/h2-3,5-6,8,10-12,18H,4,7,9,13H2,1H3,(H,26,27). The van der Waals surface area contributed by atoms with E-state index in [2.05, 4.69) is 62.4 Å². The number of carbonyl (C=O) groups is 1. The Kier molecular flexibility index (Phi) is 5.58. The largest absolute Gasteiger partial charge is 0.349 e. The Hall–Kier alpha value is -2.22. The van der Waals surface area contributed by atoms with Gasteiger partial charge in [-0.15, -0.1) is 22.7 Å². The van der Waals surface area contributed by atoms with E-state index in [0.29, 0.717) is 5.75 Å². The van der Waals surface area contributed by atoms with E-state index >= 15 is 0 Å². The second-order valence-electron chi connectivity index (χ2n) is 7.38. The highest BCUT2D eigenvalue weighted by Gasteiger charge is 2.22. The Morgan fingerprint density at radius 1 is 1.20 bits per heavy atom. The molecule has 30 heavy (non-hydrogen) atoms. The highest BCUT2D eigenvalue weighted by atomic mass is 32.2. The van der Waals surface area contributed by atoms with Crippen LogP contribution in [0.25, 0.3) is 20.7 Å². The summed E-state index contributed by atoms with van der Waals surface area (Å²) >= 11 is 4.86. The van der Waals surface area contributed by atoms with Crippen molar-refractivity contribution in [1.29, 1.82) is 0 Å². The van der Waals surface area contributed by atoms with Crippen molar-refractivity contribution in [2.75, 3.05) is 5.75 Å². The van der Waals surface area contributed by atoms with Crippen LogP contribution in [0.15, 0.2) is 52.2 Å². The van der Waals surface area contributed by atoms with E-state index in [9.17, 15) is 4.79 Å². The van der Waals surface area contributed by atoms with Crippen molar-refractivity contribution in [3.63, 3.8) is 0 Å². The molecule has 1 aliphatic rings. The summed E-state index contributed by atoms with van der Waals surface area (Å²) in [5, 5.41) is 9.43. The molecule has 4 aromatic rings. The number of thioether (sulfide) groups is 1. The van der Waals surface area contributed by atoms with Gasteiger partial charge in [-0.05, 0) is 48.8 Å². The lowest BCUT2D eigenvalue weighted by Crippen LogP contribution is -2.32. The van der Waals surface area contributed by atoms with E-state index in [1.807, 2.05) is 6.92 Å². The van der Waals surface area contributed by atoms with Gasteiger partial charge in [0.1, 0.15) is 15.7 Å². The van der Waals surface area contributed by atoms with Crippen LogP contribution in [0.4, 0.5) is 0 Å². The molecule has 3 heterocycles. The summed E-state index contributed by atoms with van der Waals surface area (Å²) in [6.07, 6.45) is 3.20. The van der Waals surface area contributed by atoms with Gasteiger partial charge in [0.2, 0.25) is 5.91 Å². The molecule has 0 bridgehead atoms. The van der Waals surface area contributed by atoms with Crippen LogP contribution in [0, 0.1) is 6.92 Å². The number of aryl methyl sites for hydroxylation is 2. The molecular formula is C23H21N3OS3. The first kappa shape index (κ1) is 19.7. The monoisotopic (exact) mass is 451 g/mol. The molecule has 152 valence electrons. The Balaban J connectivity index is 1.35. The summed E-state index contributed by atoms with van der Waals surface area (Å²) in [5.74, 6) is 1.15. The van der Waals surface area contributed by atoms with Gasteiger partial charge < -0.3 is 5.32 Å². The summed E-state index contributed by atoms with van der Waals surface area (Å²) in [6.45, 7) is 1.91. The van der Waals surface area contributed by atoms with Crippen molar-refractivity contribution in [2.45, 2.75) is 37.3 Å². The first-order chi connectivity index (χ1) is 14.7. The fourth-order valence-corrected chi connectivity index (χ4v) is 6.77. The van der Waals surface area contributed by atoms with Crippen molar-refractivity contribution in [1.82, 2.24) is 15.3 Å². The van der Waals surface area contributed by atoms with Gasteiger partial charge in [0, 0.05) is 15.8 Å². The van der Waals surface area contributed by atoms with E-state index < -0.39 is 0 Å². The Morgan fingerprint density at radius 3 is 2.97 bits per heavy atom. The third kappa shape index (κ3) is 3.89. The lowest BCUT2D eigenvalue weighted by Gasteiger charge is -2.26. The molecule has 0 saturated carbocycles. The number of benzene rings is 1. The molecule has 1 atom stereocenters. The maximum atomic E-state index is 12.8. The molecule has 4 nitrogen and oxygen atoms in total. The molecule has 1 aliphatic carbocycles. The van der Waals surface area contributed by atoms with Crippen LogP contribution in [-0.2, 0) is 11.2 Å². The SMILES string of the molecule is Cc1nc(SCC(=O)NC2CCCc3ccccc32)c2c(-c3cccs3)csc2n1. The molecular weight excluding hydrogens is 430 g/mol. The lowest BCUT2D eigenvalue weighted by atomic mass is 9.88. The fourth-order valence-electron chi connectivity index (χ4n) is 4.00. The summed E-state index contributed by atoms with van der Waals surface area (Å²) in [6, 6.07) is 12.7. The van der Waals surface area contributed by atoms with Crippen LogP contribution >= 0.6 is 34.4 Å². The molecule has 1 N–H and O–H groups in total. The summed E-state index contributed by atoms with van der Waals surface area (Å²) < 4.78 is 0. The highest BCUT2D eigenvalue weighted by Crippen LogP contribution is 2.40. The van der Waals surface area contributed by atoms with Crippen molar-refractivity contribution >= 4 is 50.6 Å². The van der Waals surface area contributed by atoms with E-state index in [-0.39, 0.29) is 11.9 Å². The molecule has 0 spiro atoms. The molecule has 7 heteroatoms. The molecule has 1 unspecified atom stereocenters. The Labute approximate surface area is 187 Å². The minimum Gasteiger partial charge on any atom is -0.349 e. The van der Waals surface area contributed by atoms with Crippen molar-refractivity contribution in [2.24, 2.45) is 0 Å². The summed E-state index contributed by atoms with van der Waals surface area (Å²) in [5.41, 5.74) is 3.78. The molecule has 0 saturated heterocycles. The number of aromatic nitrogens is 2. The smallest absolute Gasteiger partial charge is 0.230 e. The number of nitrogens with one attached hydrogen (secondary N) is 1. The quantitative estimate of drug-likeness (QED) is 0.298. The molecule has 1 aromatic carbocycles. The van der Waals surface area contributed by atoms with Crippen molar-refractivity contribution in [3.8, 4) is 10.4 Å². The number of hydrogen-bond donors (Lipinski definition) is 1. The van der Waals surface area contributed by atoms with Gasteiger partial charge in [-0.1, -0.05) is 42.1 Å². The van der Waals surface area contributed by atoms with Crippen LogP contribution in [-0.4, -0.2) is 21.6 Å². The molecule has 0 fully saturated rings. The minimum atomic E-state index is 0.0546. The molecule has 1 amide bonds. The number of rotatable bonds is 5. The molecule has 5 rings (SSSR count). The average Bonchev–Trinajstić information content (AvgIpc) is 3.42. The lowest BCUT2D eigenvalue weighted by molar-refractivity contribution is -0.119. The fraction of sp³-hybridized carbons (Fsp3) is 0.261. The van der Waals surface area contributed by atoms with E-state index in [0.717, 1.165) is 45.9 Å². The van der Waals surface area contributed by atoms with Gasteiger partial charge in [0.05, 0.1) is 17.2 Å². The zero-order valence-electron chi connectivity index (χ0n) is 16.6. The van der Waals surface area contributed by atoms with Gasteiger partial charge >= 0.3 is 0 Å². The zero-order valence-corrected chi connectivity index (χ0v) is 19.0. The maximum Gasteiger partial charge on any atom is 0.230 e. The van der Waals surface area contributed by atoms with Crippen LogP contribution in [0.5, 0.6) is 0 Å². The minimum absolute atomic E-state index is 0.0546. The number of nitrogens with zero attached hydrogens (tertiary/aromatic N) is 2. The Bertz CT molecular complexity index is 1200. The summed E-state index contributed by atoms with van der Waals surface area (Å²) in [4.78, 5) is 24.3. The number of thiophene rings is 2.